The predicted octanol–water partition coefficient (Wildman–Crippen LogP) is 2.61. The molecule has 1 rings (SSSR count). The lowest BCUT2D eigenvalue weighted by Crippen LogP contribution is -2.23. The number of ether oxygens (including phenoxy) is 1. The molecule has 0 aromatic heterocycles. The van der Waals surface area contributed by atoms with Crippen LogP contribution in [0, 0.1) is 0 Å². The van der Waals surface area contributed by atoms with E-state index in [1.807, 2.05) is 7.05 Å². The van der Waals surface area contributed by atoms with Gasteiger partial charge in [-0.15, -0.1) is 0 Å². The monoisotopic (exact) mass is 313 g/mol. The zero-order chi connectivity index (χ0) is 15.7. The molecule has 0 spiro atoms. The van der Waals surface area contributed by atoms with Gasteiger partial charge in [0, 0.05) is 32.4 Å². The van der Waals surface area contributed by atoms with Crippen molar-refractivity contribution in [2.75, 3.05) is 44.9 Å². The molecule has 0 aliphatic rings. The van der Waals surface area contributed by atoms with Crippen LogP contribution in [0.15, 0.2) is 18.2 Å². The first-order valence-corrected chi connectivity index (χ1v) is 7.43. The summed E-state index contributed by atoms with van der Waals surface area (Å²) in [6, 6.07) is 5.08. The molecule has 0 aliphatic heterocycles. The minimum atomic E-state index is -0.0120. The van der Waals surface area contributed by atoms with Gasteiger partial charge < -0.3 is 20.7 Å². The number of halogens is 1. The Morgan fingerprint density at radius 1 is 1.38 bits per heavy atom. The summed E-state index contributed by atoms with van der Waals surface area (Å²) in [6.45, 7) is 2.63. The summed E-state index contributed by atoms with van der Waals surface area (Å²) in [4.78, 5) is 14.0. The quantitative estimate of drug-likeness (QED) is 0.543. The molecular weight excluding hydrogens is 290 g/mol. The summed E-state index contributed by atoms with van der Waals surface area (Å²) in [5.41, 5.74) is 6.84. The summed E-state index contributed by atoms with van der Waals surface area (Å²) in [6.07, 6.45) is 2.30. The molecule has 5 nitrogen and oxygen atoms in total. The number of nitrogen functional groups attached to an aromatic ring is 1. The fourth-order valence-corrected chi connectivity index (χ4v) is 2.06. The largest absolute Gasteiger partial charge is 0.397 e. The van der Waals surface area contributed by atoms with Gasteiger partial charge in [-0.25, -0.2) is 0 Å². The maximum Gasteiger partial charge on any atom is 0.224 e. The van der Waals surface area contributed by atoms with Gasteiger partial charge in [0.25, 0.3) is 0 Å². The van der Waals surface area contributed by atoms with Crippen molar-refractivity contribution in [1.29, 1.82) is 0 Å². The summed E-state index contributed by atoms with van der Waals surface area (Å²) in [7, 11) is 3.75. The number of methoxy groups -OCH3 is 1. The minimum Gasteiger partial charge on any atom is -0.397 e. The van der Waals surface area contributed by atoms with Gasteiger partial charge in [-0.1, -0.05) is 11.6 Å². The highest BCUT2D eigenvalue weighted by molar-refractivity contribution is 6.33. The Labute approximate surface area is 131 Å². The van der Waals surface area contributed by atoms with Crippen LogP contribution >= 0.6 is 11.6 Å². The number of nitrogens with one attached hydrogen (secondary N) is 1. The first-order chi connectivity index (χ1) is 10.0. The molecule has 0 saturated carbocycles. The Kier molecular flexibility index (Phi) is 8.12. The van der Waals surface area contributed by atoms with Gasteiger partial charge in [0.05, 0.1) is 10.7 Å². The normalized spacial score (nSPS) is 10.9. The van der Waals surface area contributed by atoms with Crippen molar-refractivity contribution in [1.82, 2.24) is 4.90 Å². The number of rotatable bonds is 9. The van der Waals surface area contributed by atoms with Crippen molar-refractivity contribution in [3.63, 3.8) is 0 Å². The van der Waals surface area contributed by atoms with Crippen LogP contribution in [0.3, 0.4) is 0 Å². The van der Waals surface area contributed by atoms with E-state index in [-0.39, 0.29) is 5.91 Å². The molecule has 118 valence electrons. The number of anilines is 2. The lowest BCUT2D eigenvalue weighted by atomic mass is 10.2. The molecule has 1 aromatic carbocycles. The molecule has 21 heavy (non-hydrogen) atoms. The van der Waals surface area contributed by atoms with Crippen molar-refractivity contribution in [2.45, 2.75) is 19.3 Å². The third-order valence-electron chi connectivity index (χ3n) is 3.11. The number of carbonyl (C=O) groups excluding carboxylic acids is 1. The molecule has 1 amide bonds. The Balaban J connectivity index is 2.23. The second-order valence-corrected chi connectivity index (χ2v) is 5.44. The second kappa shape index (κ2) is 9.60. The van der Waals surface area contributed by atoms with Gasteiger partial charge in [-0.05, 0) is 44.6 Å². The maximum absolute atomic E-state index is 11.8. The highest BCUT2D eigenvalue weighted by atomic mass is 35.5. The van der Waals surface area contributed by atoms with Gasteiger partial charge in [-0.3, -0.25) is 4.79 Å². The molecule has 6 heteroatoms. The number of carbonyl (C=O) groups is 1. The van der Waals surface area contributed by atoms with Crippen LogP contribution in [0.5, 0.6) is 0 Å². The molecule has 1 aromatic rings. The first-order valence-electron chi connectivity index (χ1n) is 7.05. The summed E-state index contributed by atoms with van der Waals surface area (Å²) in [5, 5.41) is 3.31. The molecule has 0 bridgehead atoms. The van der Waals surface area contributed by atoms with E-state index in [9.17, 15) is 4.79 Å². The van der Waals surface area contributed by atoms with Crippen LogP contribution in [-0.2, 0) is 9.53 Å². The summed E-state index contributed by atoms with van der Waals surface area (Å²) < 4.78 is 5.01. The Hall–Kier alpha value is -1.30. The number of hydrogen-bond acceptors (Lipinski definition) is 4. The molecule has 0 fully saturated rings. The number of benzene rings is 1. The SMILES string of the molecule is COCCCN(C)CCCC(=O)Nc1ccc(Cl)c(N)c1. The lowest BCUT2D eigenvalue weighted by molar-refractivity contribution is -0.116. The summed E-state index contributed by atoms with van der Waals surface area (Å²) in [5.74, 6) is -0.0120. The van der Waals surface area contributed by atoms with E-state index in [0.717, 1.165) is 32.5 Å². The van der Waals surface area contributed by atoms with E-state index < -0.39 is 0 Å². The zero-order valence-electron chi connectivity index (χ0n) is 12.7. The highest BCUT2D eigenvalue weighted by Crippen LogP contribution is 2.22. The van der Waals surface area contributed by atoms with Crippen LogP contribution < -0.4 is 11.1 Å². The van der Waals surface area contributed by atoms with Crippen LogP contribution in [0.4, 0.5) is 11.4 Å². The van der Waals surface area contributed by atoms with E-state index >= 15 is 0 Å². The summed E-state index contributed by atoms with van der Waals surface area (Å²) >= 11 is 5.84. The molecule has 0 atom stereocenters. The van der Waals surface area contributed by atoms with Crippen molar-refractivity contribution in [3.05, 3.63) is 23.2 Å². The molecule has 0 heterocycles. The lowest BCUT2D eigenvalue weighted by Gasteiger charge is -2.15. The van der Waals surface area contributed by atoms with Crippen LogP contribution in [0.1, 0.15) is 19.3 Å². The van der Waals surface area contributed by atoms with Gasteiger partial charge in [-0.2, -0.15) is 0 Å². The average Bonchev–Trinajstić information content (AvgIpc) is 2.43. The molecule has 3 N–H and O–H groups in total. The van der Waals surface area contributed by atoms with E-state index in [1.54, 1.807) is 25.3 Å². The number of hydrogen-bond donors (Lipinski definition) is 2. The van der Waals surface area contributed by atoms with Crippen molar-refractivity contribution in [3.8, 4) is 0 Å². The van der Waals surface area contributed by atoms with E-state index in [2.05, 4.69) is 10.2 Å². The van der Waals surface area contributed by atoms with Gasteiger partial charge >= 0.3 is 0 Å². The van der Waals surface area contributed by atoms with Crippen LogP contribution in [0.25, 0.3) is 0 Å². The average molecular weight is 314 g/mol. The van der Waals surface area contributed by atoms with Gasteiger partial charge in [0.15, 0.2) is 0 Å². The Morgan fingerprint density at radius 3 is 2.76 bits per heavy atom. The zero-order valence-corrected chi connectivity index (χ0v) is 13.4. The third-order valence-corrected chi connectivity index (χ3v) is 3.46. The van der Waals surface area contributed by atoms with Crippen LogP contribution in [0.2, 0.25) is 5.02 Å². The van der Waals surface area contributed by atoms with Crippen molar-refractivity contribution < 1.29 is 9.53 Å². The Bertz CT molecular complexity index is 455. The third kappa shape index (κ3) is 7.32. The maximum atomic E-state index is 11.8. The van der Waals surface area contributed by atoms with E-state index in [1.165, 1.54) is 0 Å². The molecule has 0 radical (unpaired) electrons. The van der Waals surface area contributed by atoms with E-state index in [0.29, 0.717) is 22.8 Å². The minimum absolute atomic E-state index is 0.0120. The predicted molar refractivity (Wildman–Crippen MR) is 87.7 cm³/mol. The standard InChI is InChI=1S/C15H24ClN3O2/c1-19(9-4-10-21-2)8-3-5-15(20)18-12-6-7-13(16)14(17)11-12/h6-7,11H,3-5,8-10,17H2,1-2H3,(H,18,20). The van der Waals surface area contributed by atoms with Crippen molar-refractivity contribution in [2.24, 2.45) is 0 Å². The molecule has 0 aliphatic carbocycles. The topological polar surface area (TPSA) is 67.6 Å². The van der Waals surface area contributed by atoms with E-state index in [4.69, 9.17) is 22.1 Å². The number of nitrogens with two attached hydrogens (primary N) is 1. The fraction of sp³-hybridized carbons (Fsp3) is 0.533. The van der Waals surface area contributed by atoms with Gasteiger partial charge in [0.1, 0.15) is 0 Å². The number of nitrogens with zero attached hydrogens (tertiary/aromatic N) is 1. The molecule has 0 unspecified atom stereocenters. The Morgan fingerprint density at radius 2 is 2.10 bits per heavy atom. The van der Waals surface area contributed by atoms with Crippen molar-refractivity contribution >= 4 is 28.9 Å². The molecule has 0 saturated heterocycles. The smallest absolute Gasteiger partial charge is 0.224 e. The molecular formula is C15H24ClN3O2. The number of amides is 1. The van der Waals surface area contributed by atoms with Gasteiger partial charge in [0.2, 0.25) is 5.91 Å². The first kappa shape index (κ1) is 17.8. The van der Waals surface area contributed by atoms with Crippen LogP contribution in [-0.4, -0.2) is 44.7 Å². The second-order valence-electron chi connectivity index (χ2n) is 5.04. The highest BCUT2D eigenvalue weighted by Gasteiger charge is 2.05. The fourth-order valence-electron chi connectivity index (χ4n) is 1.95.